The molecule has 260 valence electrons. The normalized spacial score (nSPS) is 22.5. The molecule has 0 amide bonds. The standard InChI is InChI=1S/C17H5F25O2/c1-3(2)4(43)44-17(41,42)16(39,40)15(37,38)14(35,36)13(33,34)12(31,32)11(29,30)8(23,24)5(18)6(19,20)9(25,26)10(27,28)7(5,21)22/h1H2,2H3. The van der Waals surface area contributed by atoms with Crippen LogP contribution in [0.15, 0.2) is 12.2 Å². The fourth-order valence-electron chi connectivity index (χ4n) is 3.07. The summed E-state index contributed by atoms with van der Waals surface area (Å²) in [6, 6.07) is 0. The van der Waals surface area contributed by atoms with Crippen LogP contribution in [0.3, 0.4) is 0 Å². The lowest BCUT2D eigenvalue weighted by Crippen LogP contribution is -2.79. The predicted octanol–water partition coefficient (Wildman–Crippen LogP) is 8.41. The highest BCUT2D eigenvalue weighted by Crippen LogP contribution is 2.76. The maximum Gasteiger partial charge on any atom is 0.473 e. The van der Waals surface area contributed by atoms with Crippen molar-refractivity contribution in [3.63, 3.8) is 0 Å². The molecule has 0 atom stereocenters. The molecular formula is C17H5F25O2. The fraction of sp³-hybridized carbons (Fsp3) is 0.824. The van der Waals surface area contributed by atoms with Crippen molar-refractivity contribution in [1.82, 2.24) is 0 Å². The third-order valence-electron chi connectivity index (χ3n) is 5.78. The van der Waals surface area contributed by atoms with Gasteiger partial charge in [-0.2, -0.15) is 105 Å². The minimum absolute atomic E-state index is 0.209. The highest BCUT2D eigenvalue weighted by Gasteiger charge is 3.09. The van der Waals surface area contributed by atoms with Crippen molar-refractivity contribution in [2.24, 2.45) is 0 Å². The van der Waals surface area contributed by atoms with Crippen LogP contribution in [0.5, 0.6) is 0 Å². The molecule has 0 aromatic rings. The lowest BCUT2D eigenvalue weighted by atomic mass is 9.80. The van der Waals surface area contributed by atoms with Gasteiger partial charge in [0.05, 0.1) is 0 Å². The number of hydrogen-bond donors (Lipinski definition) is 0. The second kappa shape index (κ2) is 9.27. The maximum absolute atomic E-state index is 14.2. The van der Waals surface area contributed by atoms with E-state index in [-0.39, 0.29) is 6.92 Å². The van der Waals surface area contributed by atoms with Gasteiger partial charge in [-0.05, 0) is 6.92 Å². The topological polar surface area (TPSA) is 26.3 Å². The number of alkyl halides is 25. The van der Waals surface area contributed by atoms with Gasteiger partial charge in [0.25, 0.3) is 0 Å². The van der Waals surface area contributed by atoms with Crippen LogP contribution in [-0.4, -0.2) is 82.9 Å². The molecule has 0 radical (unpaired) electrons. The minimum atomic E-state index is -9.74. The van der Waals surface area contributed by atoms with Crippen LogP contribution in [0.25, 0.3) is 0 Å². The van der Waals surface area contributed by atoms with E-state index >= 15 is 0 Å². The van der Waals surface area contributed by atoms with E-state index in [1.165, 1.54) is 0 Å². The van der Waals surface area contributed by atoms with Gasteiger partial charge < -0.3 is 4.74 Å². The molecule has 44 heavy (non-hydrogen) atoms. The van der Waals surface area contributed by atoms with Crippen LogP contribution in [0, 0.1) is 0 Å². The molecule has 1 aliphatic carbocycles. The van der Waals surface area contributed by atoms with Crippen molar-refractivity contribution >= 4 is 5.97 Å². The van der Waals surface area contributed by atoms with Gasteiger partial charge in [0.1, 0.15) is 0 Å². The molecule has 0 heterocycles. The molecule has 1 aliphatic rings. The number of hydrogen-bond acceptors (Lipinski definition) is 2. The average molecular weight is 716 g/mol. The summed E-state index contributed by atoms with van der Waals surface area (Å²) in [5, 5.41) is 0. The van der Waals surface area contributed by atoms with Crippen molar-refractivity contribution in [2.75, 3.05) is 0 Å². The lowest BCUT2D eigenvalue weighted by molar-refractivity contribution is -0.477. The van der Waals surface area contributed by atoms with Gasteiger partial charge in [-0.3, -0.25) is 0 Å². The monoisotopic (exact) mass is 716 g/mol. The smallest absolute Gasteiger partial charge is 0.393 e. The molecule has 0 spiro atoms. The van der Waals surface area contributed by atoms with Gasteiger partial charge in [0, 0.05) is 5.57 Å². The van der Waals surface area contributed by atoms with Gasteiger partial charge in [-0.25, -0.2) is 9.18 Å². The summed E-state index contributed by atoms with van der Waals surface area (Å²) in [4.78, 5) is 10.8. The van der Waals surface area contributed by atoms with E-state index in [9.17, 15) is 115 Å². The third-order valence-corrected chi connectivity index (χ3v) is 5.78. The van der Waals surface area contributed by atoms with E-state index in [1.54, 1.807) is 0 Å². The molecule has 1 saturated carbocycles. The van der Waals surface area contributed by atoms with Crippen LogP contribution in [0.4, 0.5) is 110 Å². The first-order valence-electron chi connectivity index (χ1n) is 9.69. The van der Waals surface area contributed by atoms with Crippen molar-refractivity contribution in [3.8, 4) is 0 Å². The number of rotatable bonds is 10. The molecule has 2 nitrogen and oxygen atoms in total. The summed E-state index contributed by atoms with van der Waals surface area (Å²) in [7, 11) is 0. The van der Waals surface area contributed by atoms with E-state index in [4.69, 9.17) is 0 Å². The highest BCUT2D eigenvalue weighted by molar-refractivity contribution is 5.87. The molecule has 0 N–H and O–H groups in total. The van der Waals surface area contributed by atoms with Crippen LogP contribution < -0.4 is 0 Å². The first-order valence-corrected chi connectivity index (χ1v) is 9.69. The predicted molar refractivity (Wildman–Crippen MR) is 84.1 cm³/mol. The van der Waals surface area contributed by atoms with Crippen molar-refractivity contribution < 1.29 is 119 Å². The van der Waals surface area contributed by atoms with Gasteiger partial charge >= 0.3 is 82.9 Å². The number of carbonyl (C=O) groups is 1. The van der Waals surface area contributed by atoms with E-state index in [1.807, 2.05) is 0 Å². The minimum Gasteiger partial charge on any atom is -0.393 e. The lowest BCUT2D eigenvalue weighted by Gasteiger charge is -2.46. The summed E-state index contributed by atoms with van der Waals surface area (Å²) in [5.41, 5.74) is -10.8. The van der Waals surface area contributed by atoms with E-state index in [2.05, 4.69) is 11.3 Å². The molecule has 0 saturated heterocycles. The summed E-state index contributed by atoms with van der Waals surface area (Å²) in [5.74, 6) is -103. The van der Waals surface area contributed by atoms with Crippen LogP contribution in [-0.2, 0) is 9.53 Å². The second-order valence-corrected chi connectivity index (χ2v) is 8.66. The Balaban J connectivity index is 4.02. The third kappa shape index (κ3) is 3.83. The number of esters is 1. The number of ether oxygens (including phenoxy) is 1. The maximum atomic E-state index is 14.2. The average Bonchev–Trinajstić information content (AvgIpc) is 2.86. The zero-order valence-electron chi connectivity index (χ0n) is 19.5. The largest absolute Gasteiger partial charge is 0.473 e. The number of halogens is 25. The Bertz CT molecular complexity index is 1150. The van der Waals surface area contributed by atoms with Crippen LogP contribution >= 0.6 is 0 Å². The fourth-order valence-corrected chi connectivity index (χ4v) is 3.07. The Morgan fingerprint density at radius 1 is 0.477 bits per heavy atom. The van der Waals surface area contributed by atoms with Crippen molar-refractivity contribution in [2.45, 2.75) is 83.8 Å². The van der Waals surface area contributed by atoms with E-state index in [0.29, 0.717) is 0 Å². The Kier molecular flexibility index (Phi) is 8.31. The molecule has 0 bridgehead atoms. The number of carbonyl (C=O) groups excluding carboxylic acids is 1. The Labute approximate surface area is 222 Å². The van der Waals surface area contributed by atoms with E-state index in [0.717, 1.165) is 0 Å². The summed E-state index contributed by atoms with van der Waals surface area (Å²) >= 11 is 0. The van der Waals surface area contributed by atoms with Crippen LogP contribution in [0.2, 0.25) is 0 Å². The molecule has 0 aliphatic heterocycles. The molecule has 0 aromatic heterocycles. The summed E-state index contributed by atoms with van der Waals surface area (Å²) < 4.78 is 343. The van der Waals surface area contributed by atoms with Gasteiger partial charge in [-0.15, -0.1) is 0 Å². The Morgan fingerprint density at radius 2 is 0.727 bits per heavy atom. The molecular weight excluding hydrogens is 711 g/mol. The zero-order valence-corrected chi connectivity index (χ0v) is 19.5. The van der Waals surface area contributed by atoms with Gasteiger partial charge in [0.2, 0.25) is 0 Å². The first-order chi connectivity index (χ1) is 18.6. The molecule has 1 rings (SSSR count). The van der Waals surface area contributed by atoms with Gasteiger partial charge in [-0.1, -0.05) is 6.58 Å². The Hall–Kier alpha value is -2.54. The van der Waals surface area contributed by atoms with Crippen molar-refractivity contribution in [3.05, 3.63) is 12.2 Å². The molecule has 0 unspecified atom stereocenters. The first kappa shape index (κ1) is 39.5. The molecule has 1 fully saturated rings. The van der Waals surface area contributed by atoms with Gasteiger partial charge in [0.15, 0.2) is 0 Å². The SMILES string of the molecule is C=C(C)C(=O)OC(F)(F)C(F)(F)C(F)(F)C(F)(F)C(F)(F)C(F)(F)C(F)(F)C(F)(F)C1(F)C(F)(F)C(F)(F)C(F)(F)C1(F)F. The van der Waals surface area contributed by atoms with Crippen LogP contribution in [0.1, 0.15) is 6.92 Å². The summed E-state index contributed by atoms with van der Waals surface area (Å²) in [6.45, 7) is 2.55. The van der Waals surface area contributed by atoms with Crippen molar-refractivity contribution in [1.29, 1.82) is 0 Å². The zero-order chi connectivity index (χ0) is 36.4. The highest BCUT2D eigenvalue weighted by atomic mass is 19.4. The molecule has 0 aromatic carbocycles. The molecule has 27 heteroatoms. The Morgan fingerprint density at radius 3 is 1.00 bits per heavy atom. The summed E-state index contributed by atoms with van der Waals surface area (Å²) in [6.07, 6.45) is -7.61. The quantitative estimate of drug-likeness (QED) is 0.129. The second-order valence-electron chi connectivity index (χ2n) is 8.66. The van der Waals surface area contributed by atoms with E-state index < -0.39 is 88.5 Å².